The lowest BCUT2D eigenvalue weighted by atomic mass is 9.98. The number of hydrogen-bond acceptors (Lipinski definition) is 6. The second-order valence-corrected chi connectivity index (χ2v) is 8.58. The first kappa shape index (κ1) is 16.3. The van der Waals surface area contributed by atoms with Gasteiger partial charge in [0.05, 0.1) is 20.4 Å². The third-order valence-corrected chi connectivity index (χ3v) is 5.90. The third kappa shape index (κ3) is 3.45. The van der Waals surface area contributed by atoms with Gasteiger partial charge in [0.1, 0.15) is 5.60 Å². The van der Waals surface area contributed by atoms with Crippen molar-refractivity contribution in [3.63, 3.8) is 0 Å². The first-order valence-electron chi connectivity index (χ1n) is 8.14. The van der Waals surface area contributed by atoms with Crippen LogP contribution >= 0.6 is 22.7 Å². The molecule has 0 fully saturated rings. The Labute approximate surface area is 154 Å². The predicted octanol–water partition coefficient (Wildman–Crippen LogP) is 5.35. The van der Waals surface area contributed by atoms with Crippen LogP contribution in [0.3, 0.4) is 0 Å². The van der Waals surface area contributed by atoms with E-state index in [2.05, 4.69) is 53.4 Å². The maximum atomic E-state index is 6.21. The lowest BCUT2D eigenvalue weighted by molar-refractivity contribution is 0.110. The molecular formula is C19H19N3OS2. The number of fused-ring (bicyclic) bond motifs is 2. The molecule has 2 aromatic carbocycles. The van der Waals surface area contributed by atoms with Gasteiger partial charge in [0.15, 0.2) is 5.13 Å². The molecule has 0 spiro atoms. The van der Waals surface area contributed by atoms with E-state index in [4.69, 9.17) is 4.74 Å². The quantitative estimate of drug-likeness (QED) is 0.515. The van der Waals surface area contributed by atoms with Crippen molar-refractivity contribution in [3.05, 3.63) is 48.0 Å². The van der Waals surface area contributed by atoms with Gasteiger partial charge in [-0.1, -0.05) is 40.9 Å². The van der Waals surface area contributed by atoms with E-state index in [0.29, 0.717) is 0 Å². The zero-order chi connectivity index (χ0) is 17.4. The lowest BCUT2D eigenvalue weighted by Crippen LogP contribution is -2.30. The standard InChI is InChI=1S/C19H19N3OS2/c1-19(2,23-18-22-13-6-4-5-7-15(13)25-18)11-12-8-9-16-14(10-12)21-17(20-3)24-16/h4-10H,11H2,1-3H3,(H,20,21). The van der Waals surface area contributed by atoms with Crippen LogP contribution in [0.1, 0.15) is 19.4 Å². The first-order chi connectivity index (χ1) is 12.0. The van der Waals surface area contributed by atoms with Crippen LogP contribution in [0.4, 0.5) is 5.13 Å². The van der Waals surface area contributed by atoms with Gasteiger partial charge in [0.25, 0.3) is 5.19 Å². The van der Waals surface area contributed by atoms with Crippen LogP contribution in [0.5, 0.6) is 5.19 Å². The summed E-state index contributed by atoms with van der Waals surface area (Å²) < 4.78 is 8.55. The Balaban J connectivity index is 1.55. The fraction of sp³-hybridized carbons (Fsp3) is 0.263. The monoisotopic (exact) mass is 369 g/mol. The molecule has 1 N–H and O–H groups in total. The number of ether oxygens (including phenoxy) is 1. The van der Waals surface area contributed by atoms with E-state index in [0.717, 1.165) is 32.5 Å². The molecule has 4 nitrogen and oxygen atoms in total. The van der Waals surface area contributed by atoms with Crippen molar-refractivity contribution in [2.75, 3.05) is 12.4 Å². The normalized spacial score (nSPS) is 12.0. The van der Waals surface area contributed by atoms with Crippen LogP contribution in [0, 0.1) is 0 Å². The van der Waals surface area contributed by atoms with Gasteiger partial charge in [-0.3, -0.25) is 0 Å². The fourth-order valence-corrected chi connectivity index (χ4v) is 4.61. The van der Waals surface area contributed by atoms with Gasteiger partial charge in [0.2, 0.25) is 0 Å². The van der Waals surface area contributed by atoms with Gasteiger partial charge in [-0.15, -0.1) is 0 Å². The van der Waals surface area contributed by atoms with E-state index >= 15 is 0 Å². The molecule has 0 atom stereocenters. The highest BCUT2D eigenvalue weighted by Gasteiger charge is 2.23. The van der Waals surface area contributed by atoms with Crippen LogP contribution in [-0.4, -0.2) is 22.6 Å². The summed E-state index contributed by atoms with van der Waals surface area (Å²) in [6.45, 7) is 4.20. The zero-order valence-corrected chi connectivity index (χ0v) is 16.0. The van der Waals surface area contributed by atoms with Gasteiger partial charge < -0.3 is 10.1 Å². The number of rotatable bonds is 5. The van der Waals surface area contributed by atoms with E-state index in [1.165, 1.54) is 10.3 Å². The number of thiazole rings is 2. The molecule has 25 heavy (non-hydrogen) atoms. The van der Waals surface area contributed by atoms with Crippen molar-refractivity contribution >= 4 is 48.2 Å². The molecule has 0 saturated carbocycles. The maximum Gasteiger partial charge on any atom is 0.274 e. The van der Waals surface area contributed by atoms with E-state index in [1.807, 2.05) is 25.2 Å². The molecule has 0 bridgehead atoms. The number of aromatic nitrogens is 2. The minimum Gasteiger partial charge on any atom is -0.464 e. The van der Waals surface area contributed by atoms with Crippen LogP contribution in [0.2, 0.25) is 0 Å². The molecule has 2 heterocycles. The molecule has 4 rings (SSSR count). The maximum absolute atomic E-state index is 6.21. The highest BCUT2D eigenvalue weighted by molar-refractivity contribution is 7.22. The Morgan fingerprint density at radius 1 is 1.00 bits per heavy atom. The Bertz CT molecular complexity index is 1000. The zero-order valence-electron chi connectivity index (χ0n) is 14.4. The second kappa shape index (κ2) is 6.28. The molecule has 0 aliphatic rings. The summed E-state index contributed by atoms with van der Waals surface area (Å²) in [6, 6.07) is 14.6. The van der Waals surface area contributed by atoms with Gasteiger partial charge in [-0.05, 0) is 43.7 Å². The summed E-state index contributed by atoms with van der Waals surface area (Å²) >= 11 is 3.26. The molecule has 0 amide bonds. The largest absolute Gasteiger partial charge is 0.464 e. The smallest absolute Gasteiger partial charge is 0.274 e. The first-order valence-corrected chi connectivity index (χ1v) is 9.77. The van der Waals surface area contributed by atoms with E-state index in [-0.39, 0.29) is 5.60 Å². The highest BCUT2D eigenvalue weighted by Crippen LogP contribution is 2.32. The van der Waals surface area contributed by atoms with E-state index < -0.39 is 0 Å². The molecule has 6 heteroatoms. The number of nitrogens with zero attached hydrogens (tertiary/aromatic N) is 2. The highest BCUT2D eigenvalue weighted by atomic mass is 32.1. The van der Waals surface area contributed by atoms with Crippen molar-refractivity contribution < 1.29 is 4.74 Å². The molecular weight excluding hydrogens is 350 g/mol. The van der Waals surface area contributed by atoms with E-state index in [9.17, 15) is 0 Å². The fourth-order valence-electron chi connectivity index (χ4n) is 2.85. The van der Waals surface area contributed by atoms with Crippen LogP contribution in [0.25, 0.3) is 20.4 Å². The van der Waals surface area contributed by atoms with Crippen molar-refractivity contribution in [2.24, 2.45) is 0 Å². The SMILES string of the molecule is CNc1nc2cc(CC(C)(C)Oc3nc4ccccc4s3)ccc2s1. The summed E-state index contributed by atoms with van der Waals surface area (Å²) in [5.41, 5.74) is 2.89. The van der Waals surface area contributed by atoms with Crippen molar-refractivity contribution in [3.8, 4) is 5.19 Å². The third-order valence-electron chi connectivity index (χ3n) is 3.93. The topological polar surface area (TPSA) is 47.0 Å². The lowest BCUT2D eigenvalue weighted by Gasteiger charge is -2.24. The summed E-state index contributed by atoms with van der Waals surface area (Å²) in [6.07, 6.45) is 0.797. The van der Waals surface area contributed by atoms with Gasteiger partial charge in [-0.25, -0.2) is 9.97 Å². The van der Waals surface area contributed by atoms with E-state index in [1.54, 1.807) is 22.7 Å². The minimum atomic E-state index is -0.344. The van der Waals surface area contributed by atoms with Gasteiger partial charge >= 0.3 is 0 Å². The second-order valence-electron chi connectivity index (χ2n) is 6.56. The Morgan fingerprint density at radius 2 is 1.80 bits per heavy atom. The average molecular weight is 370 g/mol. The molecule has 0 aliphatic heterocycles. The molecule has 2 aromatic heterocycles. The summed E-state index contributed by atoms with van der Waals surface area (Å²) in [5.74, 6) is 0. The summed E-state index contributed by atoms with van der Waals surface area (Å²) in [4.78, 5) is 9.17. The molecule has 128 valence electrons. The van der Waals surface area contributed by atoms with Crippen LogP contribution < -0.4 is 10.1 Å². The average Bonchev–Trinajstić information content (AvgIpc) is 3.15. The van der Waals surface area contributed by atoms with Crippen LogP contribution in [-0.2, 0) is 6.42 Å². The number of para-hydroxylation sites is 1. The van der Waals surface area contributed by atoms with Crippen molar-refractivity contribution in [1.29, 1.82) is 0 Å². The summed E-state index contributed by atoms with van der Waals surface area (Å²) in [5, 5.41) is 4.77. The van der Waals surface area contributed by atoms with Gasteiger partial charge in [0, 0.05) is 13.5 Å². The van der Waals surface area contributed by atoms with Gasteiger partial charge in [-0.2, -0.15) is 0 Å². The molecule has 0 saturated heterocycles. The number of benzene rings is 2. The van der Waals surface area contributed by atoms with Crippen LogP contribution in [0.15, 0.2) is 42.5 Å². The Kier molecular flexibility index (Phi) is 4.09. The number of hydrogen-bond donors (Lipinski definition) is 1. The van der Waals surface area contributed by atoms with Crippen molar-refractivity contribution in [1.82, 2.24) is 9.97 Å². The Hall–Kier alpha value is -2.18. The molecule has 4 aromatic rings. The number of anilines is 1. The van der Waals surface area contributed by atoms with Crippen molar-refractivity contribution in [2.45, 2.75) is 25.9 Å². The predicted molar refractivity (Wildman–Crippen MR) is 107 cm³/mol. The summed E-state index contributed by atoms with van der Waals surface area (Å²) in [7, 11) is 1.90. The minimum absolute atomic E-state index is 0.344. The number of nitrogens with one attached hydrogen (secondary N) is 1. The molecule has 0 unspecified atom stereocenters. The molecule has 0 radical (unpaired) electrons. The Morgan fingerprint density at radius 3 is 2.60 bits per heavy atom. The molecule has 0 aliphatic carbocycles.